The summed E-state index contributed by atoms with van der Waals surface area (Å²) in [5.41, 5.74) is 3.86. The summed E-state index contributed by atoms with van der Waals surface area (Å²) in [5.74, 6) is 0.998. The smallest absolute Gasteiger partial charge is 0.192 e. The molecule has 0 bridgehead atoms. The zero-order valence-corrected chi connectivity index (χ0v) is 14.2. The summed E-state index contributed by atoms with van der Waals surface area (Å²) >= 11 is 0. The van der Waals surface area contributed by atoms with E-state index in [9.17, 15) is 9.90 Å². The van der Waals surface area contributed by atoms with Crippen LogP contribution in [-0.4, -0.2) is 44.8 Å². The van der Waals surface area contributed by atoms with Crippen LogP contribution in [0.1, 0.15) is 27.9 Å². The number of likely N-dealkylation sites (N-methyl/N-ethyl adjacent to an activating group) is 1. The first-order valence-corrected chi connectivity index (χ1v) is 8.23. The molecule has 1 aliphatic carbocycles. The summed E-state index contributed by atoms with van der Waals surface area (Å²) in [6.45, 7) is 0.924. The van der Waals surface area contributed by atoms with E-state index in [1.165, 1.54) is 0 Å². The van der Waals surface area contributed by atoms with Crippen LogP contribution < -0.4 is 14.4 Å². The highest BCUT2D eigenvalue weighted by atomic mass is 16.5. The lowest BCUT2D eigenvalue weighted by Crippen LogP contribution is -2.30. The average molecular weight is 327 g/mol. The molecule has 0 unspecified atom stereocenters. The van der Waals surface area contributed by atoms with Gasteiger partial charge in [-0.2, -0.15) is 0 Å². The van der Waals surface area contributed by atoms with Gasteiger partial charge in [0.2, 0.25) is 0 Å². The summed E-state index contributed by atoms with van der Waals surface area (Å²) in [7, 11) is 5.27. The number of methoxy groups -OCH3 is 2. The lowest BCUT2D eigenvalue weighted by Gasteiger charge is -2.32. The molecule has 5 heteroatoms. The lowest BCUT2D eigenvalue weighted by molar-refractivity contribution is 0.0714. The molecule has 0 radical (unpaired) electrons. The second kappa shape index (κ2) is 5.38. The Labute approximate surface area is 140 Å². The second-order valence-electron chi connectivity index (χ2n) is 6.54. The molecule has 2 aromatic rings. The minimum atomic E-state index is -0.938. The van der Waals surface area contributed by atoms with Gasteiger partial charge in [0.25, 0.3) is 0 Å². The van der Waals surface area contributed by atoms with E-state index < -0.39 is 6.10 Å². The number of ether oxygens (including phenoxy) is 2. The summed E-state index contributed by atoms with van der Waals surface area (Å²) in [6, 6.07) is 4.11. The SMILES string of the molecule is COc1cc2c3c(cc4c(c3c1OC)C(=O)[C@@H](O)CC4)N(C)CC2. The molecule has 1 aliphatic heterocycles. The zero-order valence-electron chi connectivity index (χ0n) is 14.2. The van der Waals surface area contributed by atoms with Crippen molar-refractivity contribution < 1.29 is 19.4 Å². The van der Waals surface area contributed by atoms with Gasteiger partial charge in [0.15, 0.2) is 17.3 Å². The van der Waals surface area contributed by atoms with Crippen LogP contribution in [0.5, 0.6) is 11.5 Å². The number of ketones is 1. The monoisotopic (exact) mass is 327 g/mol. The number of carbonyl (C=O) groups excluding carboxylic acids is 1. The topological polar surface area (TPSA) is 59.0 Å². The molecule has 0 fully saturated rings. The first-order chi connectivity index (χ1) is 11.6. The number of hydrogen-bond acceptors (Lipinski definition) is 5. The molecular formula is C19H21NO4. The van der Waals surface area contributed by atoms with Crippen molar-refractivity contribution >= 4 is 22.2 Å². The van der Waals surface area contributed by atoms with E-state index in [-0.39, 0.29) is 5.78 Å². The van der Waals surface area contributed by atoms with Gasteiger partial charge < -0.3 is 19.5 Å². The van der Waals surface area contributed by atoms with Gasteiger partial charge in [0.05, 0.1) is 14.2 Å². The molecule has 0 aromatic heterocycles. The maximum absolute atomic E-state index is 12.7. The highest BCUT2D eigenvalue weighted by Crippen LogP contribution is 2.47. The maximum Gasteiger partial charge on any atom is 0.192 e. The molecule has 2 aromatic carbocycles. The van der Waals surface area contributed by atoms with Crippen molar-refractivity contribution in [1.82, 2.24) is 0 Å². The third-order valence-electron chi connectivity index (χ3n) is 5.25. The van der Waals surface area contributed by atoms with Crippen LogP contribution in [-0.2, 0) is 12.8 Å². The van der Waals surface area contributed by atoms with Crippen molar-refractivity contribution in [2.24, 2.45) is 0 Å². The van der Waals surface area contributed by atoms with Crippen LogP contribution in [0.4, 0.5) is 5.69 Å². The Hall–Kier alpha value is -2.27. The first-order valence-electron chi connectivity index (χ1n) is 8.23. The van der Waals surface area contributed by atoms with Gasteiger partial charge in [-0.3, -0.25) is 4.79 Å². The minimum Gasteiger partial charge on any atom is -0.493 e. The number of anilines is 1. The van der Waals surface area contributed by atoms with Crippen LogP contribution >= 0.6 is 0 Å². The molecule has 5 nitrogen and oxygen atoms in total. The highest BCUT2D eigenvalue weighted by molar-refractivity contribution is 6.18. The molecule has 126 valence electrons. The fraction of sp³-hybridized carbons (Fsp3) is 0.421. The van der Waals surface area contributed by atoms with Crippen molar-refractivity contribution in [3.05, 3.63) is 28.8 Å². The van der Waals surface area contributed by atoms with Crippen molar-refractivity contribution in [3.63, 3.8) is 0 Å². The molecule has 1 atom stereocenters. The number of aryl methyl sites for hydroxylation is 1. The normalized spacial score (nSPS) is 19.4. The molecule has 1 heterocycles. The fourth-order valence-electron chi connectivity index (χ4n) is 4.02. The summed E-state index contributed by atoms with van der Waals surface area (Å²) in [6.07, 6.45) is 1.11. The third-order valence-corrected chi connectivity index (χ3v) is 5.25. The van der Waals surface area contributed by atoms with Gasteiger partial charge in [0.1, 0.15) is 6.10 Å². The van der Waals surface area contributed by atoms with Gasteiger partial charge in [-0.25, -0.2) is 0 Å². The van der Waals surface area contributed by atoms with Crippen LogP contribution in [0.25, 0.3) is 10.8 Å². The van der Waals surface area contributed by atoms with Gasteiger partial charge >= 0.3 is 0 Å². The predicted molar refractivity (Wildman–Crippen MR) is 92.7 cm³/mol. The number of aliphatic hydroxyl groups excluding tert-OH is 1. The Morgan fingerprint density at radius 2 is 1.92 bits per heavy atom. The van der Waals surface area contributed by atoms with E-state index >= 15 is 0 Å². The van der Waals surface area contributed by atoms with Crippen LogP contribution in [0.2, 0.25) is 0 Å². The Kier molecular flexibility index (Phi) is 3.42. The molecule has 0 saturated carbocycles. The summed E-state index contributed by atoms with van der Waals surface area (Å²) < 4.78 is 11.2. The number of carbonyl (C=O) groups is 1. The molecule has 0 saturated heterocycles. The molecule has 0 amide bonds. The highest BCUT2D eigenvalue weighted by Gasteiger charge is 2.33. The summed E-state index contributed by atoms with van der Waals surface area (Å²) in [4.78, 5) is 15.0. The van der Waals surface area contributed by atoms with Crippen molar-refractivity contribution in [2.75, 3.05) is 32.7 Å². The molecule has 24 heavy (non-hydrogen) atoms. The number of hydrogen-bond donors (Lipinski definition) is 1. The van der Waals surface area contributed by atoms with Crippen molar-refractivity contribution in [2.45, 2.75) is 25.4 Å². The minimum absolute atomic E-state index is 0.214. The molecule has 1 N–H and O–H groups in total. The fourth-order valence-corrected chi connectivity index (χ4v) is 4.02. The number of Topliss-reactive ketones (excluding diaryl/α,β-unsaturated/α-hetero) is 1. The number of benzene rings is 2. The van der Waals surface area contributed by atoms with Crippen LogP contribution in [0, 0.1) is 0 Å². The van der Waals surface area contributed by atoms with E-state index in [1.807, 2.05) is 6.07 Å². The van der Waals surface area contributed by atoms with Gasteiger partial charge in [-0.1, -0.05) is 0 Å². The standard InChI is InChI=1S/C19H21NO4/c1-20-7-6-11-9-14(23-2)19(24-3)17-15(11)12(20)8-10-4-5-13(21)18(22)16(10)17/h8-9,13,21H,4-7H2,1-3H3/t13-/m0/s1. The van der Waals surface area contributed by atoms with Crippen LogP contribution in [0.15, 0.2) is 12.1 Å². The lowest BCUT2D eigenvalue weighted by atomic mass is 9.81. The second-order valence-corrected chi connectivity index (χ2v) is 6.54. The van der Waals surface area contributed by atoms with E-state index in [0.717, 1.165) is 40.6 Å². The van der Waals surface area contributed by atoms with Gasteiger partial charge in [-0.05, 0) is 42.5 Å². The summed E-state index contributed by atoms with van der Waals surface area (Å²) in [5, 5.41) is 11.9. The van der Waals surface area contributed by atoms with Gasteiger partial charge in [0, 0.05) is 35.6 Å². The molecule has 2 aliphatic rings. The van der Waals surface area contributed by atoms with Crippen LogP contribution in [0.3, 0.4) is 0 Å². The zero-order chi connectivity index (χ0) is 17.0. The molecular weight excluding hydrogens is 306 g/mol. The average Bonchev–Trinajstić information content (AvgIpc) is 2.60. The van der Waals surface area contributed by atoms with E-state index in [4.69, 9.17) is 9.47 Å². The molecule has 0 spiro atoms. The van der Waals surface area contributed by atoms with Gasteiger partial charge in [-0.15, -0.1) is 0 Å². The Bertz CT molecular complexity index is 859. The maximum atomic E-state index is 12.7. The Morgan fingerprint density at radius 1 is 1.12 bits per heavy atom. The largest absolute Gasteiger partial charge is 0.493 e. The first kappa shape index (κ1) is 15.3. The van der Waals surface area contributed by atoms with Crippen molar-refractivity contribution in [3.8, 4) is 11.5 Å². The number of fused-ring (bicyclic) bond motifs is 2. The van der Waals surface area contributed by atoms with E-state index in [0.29, 0.717) is 29.9 Å². The Morgan fingerprint density at radius 3 is 2.62 bits per heavy atom. The number of aliphatic hydroxyl groups is 1. The van der Waals surface area contributed by atoms with Crippen molar-refractivity contribution in [1.29, 1.82) is 0 Å². The third kappa shape index (κ3) is 1.94. The number of nitrogens with zero attached hydrogens (tertiary/aromatic N) is 1. The molecule has 4 rings (SSSR count). The Balaban J connectivity index is 2.20. The van der Waals surface area contributed by atoms with E-state index in [2.05, 4.69) is 18.0 Å². The van der Waals surface area contributed by atoms with E-state index in [1.54, 1.807) is 14.2 Å². The predicted octanol–water partition coefficient (Wildman–Crippen LogP) is 2.34. The quantitative estimate of drug-likeness (QED) is 0.917. The number of rotatable bonds is 2.